The molecule has 0 amide bonds. The van der Waals surface area contributed by atoms with Crippen LogP contribution in [0.25, 0.3) is 0 Å². The predicted molar refractivity (Wildman–Crippen MR) is 33.6 cm³/mol. The van der Waals surface area contributed by atoms with Crippen molar-refractivity contribution in [1.29, 1.82) is 0 Å². The molecule has 1 heteroatoms. The summed E-state index contributed by atoms with van der Waals surface area (Å²) in [5.74, 6) is 1.41. The maximum absolute atomic E-state index is 8.88. The summed E-state index contributed by atoms with van der Waals surface area (Å²) in [6, 6.07) is 0. The van der Waals surface area contributed by atoms with Gasteiger partial charge in [0.05, 0.1) is 6.10 Å². The summed E-state index contributed by atoms with van der Waals surface area (Å²) in [4.78, 5) is 0. The molecule has 0 aliphatic heterocycles. The van der Waals surface area contributed by atoms with Gasteiger partial charge in [-0.3, -0.25) is 0 Å². The number of aliphatic hydroxyl groups excluding tert-OH is 1. The van der Waals surface area contributed by atoms with Crippen molar-refractivity contribution in [3.63, 3.8) is 0 Å². The fourth-order valence-electron chi connectivity index (χ4n) is 1.09. The summed E-state index contributed by atoms with van der Waals surface area (Å²) in [6.45, 7) is 4.40. The maximum Gasteiger partial charge on any atom is 0.0573 e. The zero-order valence-electron chi connectivity index (χ0n) is 5.59. The quantitative estimate of drug-likeness (QED) is 0.575. The highest BCUT2D eigenvalue weighted by Crippen LogP contribution is 2.35. The predicted octanol–water partition coefficient (Wildman–Crippen LogP) is 1.41. The van der Waals surface area contributed by atoms with Gasteiger partial charge in [-0.05, 0) is 24.7 Å². The molecule has 0 aromatic heterocycles. The first-order valence-corrected chi connectivity index (χ1v) is 3.38. The lowest BCUT2D eigenvalue weighted by Crippen LogP contribution is -1.92. The summed E-state index contributed by atoms with van der Waals surface area (Å²) in [5.41, 5.74) is 0. The molecule has 0 aromatic rings. The van der Waals surface area contributed by atoms with E-state index in [2.05, 4.69) is 13.8 Å². The largest absolute Gasteiger partial charge is 0.393 e. The van der Waals surface area contributed by atoms with Crippen molar-refractivity contribution >= 4 is 0 Å². The first-order chi connectivity index (χ1) is 3.70. The van der Waals surface area contributed by atoms with Gasteiger partial charge in [0.2, 0.25) is 0 Å². The zero-order valence-corrected chi connectivity index (χ0v) is 5.59. The molecule has 0 saturated heterocycles. The molecule has 2 atom stereocenters. The van der Waals surface area contributed by atoms with E-state index in [-0.39, 0.29) is 6.10 Å². The Morgan fingerprint density at radius 1 is 1.62 bits per heavy atom. The highest BCUT2D eigenvalue weighted by atomic mass is 16.3. The van der Waals surface area contributed by atoms with Crippen molar-refractivity contribution in [3.05, 3.63) is 0 Å². The Labute approximate surface area is 50.7 Å². The van der Waals surface area contributed by atoms with E-state index in [9.17, 15) is 0 Å². The highest BCUT2D eigenvalue weighted by molar-refractivity contribution is 4.85. The van der Waals surface area contributed by atoms with Crippen LogP contribution in [-0.4, -0.2) is 11.2 Å². The molecule has 2 unspecified atom stereocenters. The van der Waals surface area contributed by atoms with Crippen LogP contribution in [0.2, 0.25) is 0 Å². The highest BCUT2D eigenvalue weighted by Gasteiger charge is 2.34. The summed E-state index contributed by atoms with van der Waals surface area (Å²) < 4.78 is 0. The second-order valence-electron chi connectivity index (χ2n) is 3.19. The Morgan fingerprint density at radius 2 is 2.12 bits per heavy atom. The molecule has 1 N–H and O–H groups in total. The van der Waals surface area contributed by atoms with Gasteiger partial charge in [-0.1, -0.05) is 13.8 Å². The number of hydrogen-bond acceptors (Lipinski definition) is 1. The van der Waals surface area contributed by atoms with Crippen molar-refractivity contribution in [2.45, 2.75) is 32.8 Å². The van der Waals surface area contributed by atoms with Gasteiger partial charge in [0, 0.05) is 0 Å². The van der Waals surface area contributed by atoms with Crippen molar-refractivity contribution in [1.82, 2.24) is 0 Å². The second-order valence-corrected chi connectivity index (χ2v) is 3.19. The van der Waals surface area contributed by atoms with E-state index >= 15 is 0 Å². The summed E-state index contributed by atoms with van der Waals surface area (Å²) >= 11 is 0. The lowest BCUT2D eigenvalue weighted by molar-refractivity contribution is 0.251. The molecule has 0 bridgehead atoms. The molecule has 0 spiro atoms. The molecular formula is C7H14O. The minimum absolute atomic E-state index is 0.0531. The average Bonchev–Trinajstić information content (AvgIpc) is 2.17. The summed E-state index contributed by atoms with van der Waals surface area (Å²) in [7, 11) is 0. The second kappa shape index (κ2) is 2.06. The van der Waals surface area contributed by atoms with Crippen LogP contribution in [0, 0.1) is 11.8 Å². The van der Waals surface area contributed by atoms with Gasteiger partial charge in [-0.2, -0.15) is 0 Å². The van der Waals surface area contributed by atoms with E-state index < -0.39 is 0 Å². The van der Waals surface area contributed by atoms with Gasteiger partial charge in [0.1, 0.15) is 0 Å². The van der Waals surface area contributed by atoms with E-state index in [4.69, 9.17) is 5.11 Å². The van der Waals surface area contributed by atoms with Gasteiger partial charge in [-0.15, -0.1) is 0 Å². The number of aliphatic hydroxyl groups is 1. The van der Waals surface area contributed by atoms with Crippen LogP contribution < -0.4 is 0 Å². The molecular weight excluding hydrogens is 100 g/mol. The molecule has 1 aliphatic rings. The van der Waals surface area contributed by atoms with Crippen molar-refractivity contribution in [3.8, 4) is 0 Å². The molecule has 1 nitrogen and oxygen atoms in total. The Bertz CT molecular complexity index is 78.5. The fraction of sp³-hybridized carbons (Fsp3) is 1.00. The minimum Gasteiger partial charge on any atom is -0.393 e. The molecule has 8 heavy (non-hydrogen) atoms. The van der Waals surface area contributed by atoms with Gasteiger partial charge >= 0.3 is 0 Å². The van der Waals surface area contributed by atoms with Crippen LogP contribution in [0.5, 0.6) is 0 Å². The Kier molecular flexibility index (Phi) is 1.57. The SMILES string of the molecule is CC(C)CC1CC1O. The van der Waals surface area contributed by atoms with Crippen LogP contribution >= 0.6 is 0 Å². The van der Waals surface area contributed by atoms with E-state index in [1.165, 1.54) is 6.42 Å². The summed E-state index contributed by atoms with van der Waals surface area (Å²) in [6.07, 6.45) is 2.32. The van der Waals surface area contributed by atoms with Crippen LogP contribution in [0.4, 0.5) is 0 Å². The van der Waals surface area contributed by atoms with E-state index in [0.717, 1.165) is 12.3 Å². The molecule has 1 aliphatic carbocycles. The zero-order chi connectivity index (χ0) is 6.15. The minimum atomic E-state index is 0.0531. The van der Waals surface area contributed by atoms with E-state index in [1.54, 1.807) is 0 Å². The summed E-state index contributed by atoms with van der Waals surface area (Å²) in [5, 5.41) is 8.88. The molecule has 0 radical (unpaired) electrons. The van der Waals surface area contributed by atoms with Crippen molar-refractivity contribution in [2.75, 3.05) is 0 Å². The maximum atomic E-state index is 8.88. The lowest BCUT2D eigenvalue weighted by atomic mass is 10.1. The third-order valence-corrected chi connectivity index (χ3v) is 1.66. The number of rotatable bonds is 2. The van der Waals surface area contributed by atoms with Gasteiger partial charge in [-0.25, -0.2) is 0 Å². The Morgan fingerprint density at radius 3 is 2.25 bits per heavy atom. The van der Waals surface area contributed by atoms with Gasteiger partial charge in [0.25, 0.3) is 0 Å². The van der Waals surface area contributed by atoms with Crippen LogP contribution in [0.3, 0.4) is 0 Å². The molecule has 1 rings (SSSR count). The average molecular weight is 114 g/mol. The van der Waals surface area contributed by atoms with Crippen LogP contribution in [-0.2, 0) is 0 Å². The topological polar surface area (TPSA) is 20.2 Å². The van der Waals surface area contributed by atoms with E-state index in [0.29, 0.717) is 5.92 Å². The lowest BCUT2D eigenvalue weighted by Gasteiger charge is -1.99. The first-order valence-electron chi connectivity index (χ1n) is 3.38. The monoisotopic (exact) mass is 114 g/mol. The third-order valence-electron chi connectivity index (χ3n) is 1.66. The Balaban J connectivity index is 2.05. The standard InChI is InChI=1S/C7H14O/c1-5(2)3-6-4-7(6)8/h5-8H,3-4H2,1-2H3. The normalized spacial score (nSPS) is 36.0. The van der Waals surface area contributed by atoms with E-state index in [1.807, 2.05) is 0 Å². The van der Waals surface area contributed by atoms with Crippen LogP contribution in [0.15, 0.2) is 0 Å². The molecule has 0 heterocycles. The van der Waals surface area contributed by atoms with Gasteiger partial charge in [0.15, 0.2) is 0 Å². The molecule has 1 fully saturated rings. The fourth-order valence-corrected chi connectivity index (χ4v) is 1.09. The number of hydrogen-bond donors (Lipinski definition) is 1. The first kappa shape index (κ1) is 6.09. The smallest absolute Gasteiger partial charge is 0.0573 e. The molecule has 1 saturated carbocycles. The third kappa shape index (κ3) is 1.48. The Hall–Kier alpha value is -0.0400. The van der Waals surface area contributed by atoms with Gasteiger partial charge < -0.3 is 5.11 Å². The van der Waals surface area contributed by atoms with Crippen molar-refractivity contribution < 1.29 is 5.11 Å². The van der Waals surface area contributed by atoms with Crippen molar-refractivity contribution in [2.24, 2.45) is 11.8 Å². The molecule has 0 aromatic carbocycles. The molecule has 48 valence electrons. The van der Waals surface area contributed by atoms with Crippen LogP contribution in [0.1, 0.15) is 26.7 Å².